The minimum atomic E-state index is -0.0658. The molecule has 2 rings (SSSR count). The van der Waals surface area contributed by atoms with Gasteiger partial charge in [-0.3, -0.25) is 4.79 Å². The third-order valence-electron chi connectivity index (χ3n) is 3.73. The molecule has 0 aliphatic carbocycles. The van der Waals surface area contributed by atoms with Gasteiger partial charge in [-0.2, -0.15) is 0 Å². The Hall–Kier alpha value is -2.30. The smallest absolute Gasteiger partial charge is 0.251 e. The molecule has 0 atom stereocenters. The summed E-state index contributed by atoms with van der Waals surface area (Å²) < 4.78 is 10.9. The first-order chi connectivity index (χ1) is 11.1. The van der Waals surface area contributed by atoms with Crippen LogP contribution in [0, 0.1) is 13.8 Å². The number of benzene rings is 1. The zero-order valence-corrected chi connectivity index (χ0v) is 14.0. The topological polar surface area (TPSA) is 64.4 Å². The maximum absolute atomic E-state index is 12.1. The number of amides is 1. The van der Waals surface area contributed by atoms with Crippen LogP contribution in [-0.4, -0.2) is 17.6 Å². The molecule has 124 valence electrons. The van der Waals surface area contributed by atoms with Gasteiger partial charge in [-0.15, -0.1) is 0 Å². The van der Waals surface area contributed by atoms with Gasteiger partial charge >= 0.3 is 0 Å². The van der Waals surface area contributed by atoms with Gasteiger partial charge in [0.2, 0.25) is 0 Å². The number of hydrogen-bond acceptors (Lipinski definition) is 4. The lowest BCUT2D eigenvalue weighted by Crippen LogP contribution is -2.24. The zero-order valence-electron chi connectivity index (χ0n) is 14.0. The lowest BCUT2D eigenvalue weighted by atomic mass is 10.2. The maximum atomic E-state index is 12.1. The number of unbranched alkanes of at least 4 members (excludes halogenated alkanes) is 2. The normalized spacial score (nSPS) is 10.6. The van der Waals surface area contributed by atoms with E-state index in [0.717, 1.165) is 36.3 Å². The van der Waals surface area contributed by atoms with E-state index in [0.29, 0.717) is 24.5 Å². The molecule has 0 bridgehead atoms. The van der Waals surface area contributed by atoms with E-state index in [-0.39, 0.29) is 5.91 Å². The number of aryl methyl sites for hydroxylation is 2. The number of hydrogen-bond donors (Lipinski definition) is 1. The molecule has 23 heavy (non-hydrogen) atoms. The monoisotopic (exact) mass is 316 g/mol. The van der Waals surface area contributed by atoms with E-state index >= 15 is 0 Å². The van der Waals surface area contributed by atoms with E-state index in [1.165, 1.54) is 0 Å². The van der Waals surface area contributed by atoms with Crippen molar-refractivity contribution in [1.29, 1.82) is 0 Å². The highest BCUT2D eigenvalue weighted by molar-refractivity contribution is 5.94. The van der Waals surface area contributed by atoms with Gasteiger partial charge in [0.15, 0.2) is 0 Å². The Morgan fingerprint density at radius 3 is 2.83 bits per heavy atom. The zero-order chi connectivity index (χ0) is 16.7. The molecule has 2 aromatic rings. The van der Waals surface area contributed by atoms with E-state index in [2.05, 4.69) is 17.4 Å². The van der Waals surface area contributed by atoms with Gasteiger partial charge < -0.3 is 14.6 Å². The van der Waals surface area contributed by atoms with Crippen LogP contribution in [0.25, 0.3) is 0 Å². The number of carbonyl (C=O) groups is 1. The van der Waals surface area contributed by atoms with Crippen molar-refractivity contribution in [2.45, 2.75) is 46.6 Å². The number of carbonyl (C=O) groups excluding carboxylic acids is 1. The summed E-state index contributed by atoms with van der Waals surface area (Å²) in [5.74, 6) is 1.35. The van der Waals surface area contributed by atoms with Crippen LogP contribution in [0.2, 0.25) is 0 Å². The van der Waals surface area contributed by atoms with Crippen molar-refractivity contribution in [3.63, 3.8) is 0 Å². The van der Waals surface area contributed by atoms with Crippen LogP contribution in [0.3, 0.4) is 0 Å². The third-order valence-corrected chi connectivity index (χ3v) is 3.73. The Morgan fingerprint density at radius 1 is 1.30 bits per heavy atom. The summed E-state index contributed by atoms with van der Waals surface area (Å²) in [5, 5.41) is 6.83. The van der Waals surface area contributed by atoms with Crippen LogP contribution in [0.1, 0.15) is 53.6 Å². The molecular weight excluding hydrogens is 292 g/mol. The van der Waals surface area contributed by atoms with Crippen LogP contribution < -0.4 is 10.1 Å². The van der Waals surface area contributed by atoms with Crippen molar-refractivity contribution in [2.75, 3.05) is 6.54 Å². The van der Waals surface area contributed by atoms with Crippen molar-refractivity contribution in [3.05, 3.63) is 46.8 Å². The molecular formula is C18H24N2O3. The molecule has 1 amide bonds. The summed E-state index contributed by atoms with van der Waals surface area (Å²) in [6.07, 6.45) is 3.27. The highest BCUT2D eigenvalue weighted by Crippen LogP contribution is 2.18. The quantitative estimate of drug-likeness (QED) is 0.753. The molecule has 1 heterocycles. The fourth-order valence-corrected chi connectivity index (χ4v) is 2.27. The van der Waals surface area contributed by atoms with E-state index in [4.69, 9.17) is 9.26 Å². The van der Waals surface area contributed by atoms with Crippen LogP contribution in [0.4, 0.5) is 0 Å². The average molecular weight is 316 g/mol. The van der Waals surface area contributed by atoms with Crippen molar-refractivity contribution in [2.24, 2.45) is 0 Å². The van der Waals surface area contributed by atoms with Gasteiger partial charge in [0.1, 0.15) is 18.1 Å². The predicted molar refractivity (Wildman–Crippen MR) is 88.6 cm³/mol. The molecule has 0 radical (unpaired) electrons. The molecule has 0 fully saturated rings. The van der Waals surface area contributed by atoms with Gasteiger partial charge in [-0.25, -0.2) is 0 Å². The van der Waals surface area contributed by atoms with Crippen molar-refractivity contribution < 1.29 is 14.1 Å². The highest BCUT2D eigenvalue weighted by Gasteiger charge is 2.10. The van der Waals surface area contributed by atoms with Crippen molar-refractivity contribution in [3.8, 4) is 5.75 Å². The van der Waals surface area contributed by atoms with E-state index in [9.17, 15) is 4.79 Å². The number of aromatic nitrogens is 1. The minimum absolute atomic E-state index is 0.0658. The highest BCUT2D eigenvalue weighted by atomic mass is 16.5. The maximum Gasteiger partial charge on any atom is 0.251 e. The minimum Gasteiger partial charge on any atom is -0.489 e. The largest absolute Gasteiger partial charge is 0.489 e. The van der Waals surface area contributed by atoms with E-state index < -0.39 is 0 Å². The first-order valence-electron chi connectivity index (χ1n) is 8.04. The Labute approximate surface area is 137 Å². The number of ether oxygens (including phenoxy) is 1. The summed E-state index contributed by atoms with van der Waals surface area (Å²) >= 11 is 0. The first-order valence-corrected chi connectivity index (χ1v) is 8.04. The predicted octanol–water partition coefficient (Wildman–Crippen LogP) is 3.79. The second-order valence-corrected chi connectivity index (χ2v) is 5.58. The summed E-state index contributed by atoms with van der Waals surface area (Å²) in [5.41, 5.74) is 2.38. The Balaban J connectivity index is 1.93. The lowest BCUT2D eigenvalue weighted by molar-refractivity contribution is 0.0952. The third kappa shape index (κ3) is 4.84. The van der Waals surface area contributed by atoms with Crippen molar-refractivity contribution >= 4 is 5.91 Å². The van der Waals surface area contributed by atoms with Gasteiger partial charge in [-0.1, -0.05) is 31.0 Å². The molecule has 0 aliphatic heterocycles. The number of nitrogens with one attached hydrogen (secondary N) is 1. The van der Waals surface area contributed by atoms with Crippen molar-refractivity contribution in [1.82, 2.24) is 10.5 Å². The molecule has 0 spiro atoms. The van der Waals surface area contributed by atoms with Gasteiger partial charge in [-0.05, 0) is 38.5 Å². The molecule has 0 aliphatic rings. The molecule has 0 saturated carbocycles. The van der Waals surface area contributed by atoms with Gasteiger partial charge in [0.25, 0.3) is 5.91 Å². The van der Waals surface area contributed by atoms with Crippen LogP contribution in [-0.2, 0) is 6.61 Å². The molecule has 5 heteroatoms. The Kier molecular flexibility index (Phi) is 6.20. The number of nitrogens with zero attached hydrogens (tertiary/aromatic N) is 1. The Morgan fingerprint density at radius 2 is 2.13 bits per heavy atom. The fraction of sp³-hybridized carbons (Fsp3) is 0.444. The molecule has 0 unspecified atom stereocenters. The second-order valence-electron chi connectivity index (χ2n) is 5.58. The summed E-state index contributed by atoms with van der Waals surface area (Å²) in [7, 11) is 0. The molecule has 5 nitrogen and oxygen atoms in total. The summed E-state index contributed by atoms with van der Waals surface area (Å²) in [6.45, 7) is 6.97. The SMILES string of the molecule is CCCCCNC(=O)c1cccc(OCc2c(C)noc2C)c1. The van der Waals surface area contributed by atoms with Crippen LogP contribution in [0.5, 0.6) is 5.75 Å². The molecule has 1 aromatic carbocycles. The summed E-state index contributed by atoms with van der Waals surface area (Å²) in [4.78, 5) is 12.1. The lowest BCUT2D eigenvalue weighted by Gasteiger charge is -2.08. The first kappa shape index (κ1) is 17.1. The van der Waals surface area contributed by atoms with E-state index in [1.54, 1.807) is 12.1 Å². The standard InChI is InChI=1S/C18H24N2O3/c1-4-5-6-10-19-18(21)15-8-7-9-16(11-15)22-12-17-13(2)20-23-14(17)3/h7-9,11H,4-6,10,12H2,1-3H3,(H,19,21). The molecule has 0 saturated heterocycles. The summed E-state index contributed by atoms with van der Waals surface area (Å²) in [6, 6.07) is 7.21. The van der Waals surface area contributed by atoms with Gasteiger partial charge in [0, 0.05) is 12.1 Å². The van der Waals surface area contributed by atoms with Gasteiger partial charge in [0.05, 0.1) is 11.3 Å². The van der Waals surface area contributed by atoms with E-state index in [1.807, 2.05) is 26.0 Å². The number of rotatable bonds is 8. The fourth-order valence-electron chi connectivity index (χ4n) is 2.27. The molecule has 1 N–H and O–H groups in total. The average Bonchev–Trinajstić information content (AvgIpc) is 2.88. The van der Waals surface area contributed by atoms with Crippen LogP contribution >= 0.6 is 0 Å². The Bertz CT molecular complexity index is 630. The van der Waals surface area contributed by atoms with Crippen LogP contribution in [0.15, 0.2) is 28.8 Å². The molecule has 1 aromatic heterocycles. The second kappa shape index (κ2) is 8.36.